The zero-order chi connectivity index (χ0) is 10.6. The van der Waals surface area contributed by atoms with Gasteiger partial charge in [-0.15, -0.1) is 12.3 Å². The number of halogens is 2. The highest BCUT2D eigenvalue weighted by molar-refractivity contribution is 9.10. The summed E-state index contributed by atoms with van der Waals surface area (Å²) in [6.45, 7) is 0. The summed E-state index contributed by atoms with van der Waals surface area (Å²) in [5, 5.41) is 0.694. The summed E-state index contributed by atoms with van der Waals surface area (Å²) in [5.74, 6) is 2.57. The largest absolute Gasteiger partial charge is 0.324 e. The maximum absolute atomic E-state index is 5.97. The molecule has 0 saturated heterocycles. The molecule has 1 rings (SSSR count). The van der Waals surface area contributed by atoms with Gasteiger partial charge in [0.15, 0.2) is 0 Å². The van der Waals surface area contributed by atoms with Crippen molar-refractivity contribution in [3.05, 3.63) is 33.3 Å². The fraction of sp³-hybridized carbons (Fsp3) is 0.273. The van der Waals surface area contributed by atoms with Crippen LogP contribution in [0.4, 0.5) is 0 Å². The van der Waals surface area contributed by atoms with Gasteiger partial charge in [0.2, 0.25) is 0 Å². The average Bonchev–Trinajstić information content (AvgIpc) is 2.18. The Bertz CT molecular complexity index is 357. The Balaban J connectivity index is 2.83. The number of benzene rings is 1. The highest BCUT2D eigenvalue weighted by atomic mass is 79.9. The Morgan fingerprint density at radius 2 is 2.29 bits per heavy atom. The first-order chi connectivity index (χ1) is 6.65. The summed E-state index contributed by atoms with van der Waals surface area (Å²) in [4.78, 5) is 0. The van der Waals surface area contributed by atoms with Gasteiger partial charge in [0.25, 0.3) is 0 Å². The van der Waals surface area contributed by atoms with Crippen LogP contribution in [0, 0.1) is 12.3 Å². The molecule has 0 aliphatic carbocycles. The van der Waals surface area contributed by atoms with Crippen molar-refractivity contribution in [2.75, 3.05) is 0 Å². The molecule has 1 atom stereocenters. The van der Waals surface area contributed by atoms with E-state index < -0.39 is 0 Å². The fourth-order valence-corrected chi connectivity index (χ4v) is 1.91. The minimum atomic E-state index is -0.0564. The van der Waals surface area contributed by atoms with Crippen molar-refractivity contribution in [1.29, 1.82) is 0 Å². The third kappa shape index (κ3) is 3.02. The zero-order valence-corrected chi connectivity index (χ0v) is 9.98. The fourth-order valence-electron chi connectivity index (χ4n) is 1.19. The van der Waals surface area contributed by atoms with Gasteiger partial charge in [0.1, 0.15) is 0 Å². The molecule has 0 heterocycles. The molecule has 0 fully saturated rings. The summed E-state index contributed by atoms with van der Waals surface area (Å²) in [5.41, 5.74) is 6.97. The molecular formula is C11H11BrClN. The number of rotatable bonds is 3. The molecule has 0 spiro atoms. The highest BCUT2D eigenvalue weighted by Crippen LogP contribution is 2.27. The average molecular weight is 273 g/mol. The van der Waals surface area contributed by atoms with E-state index in [1.165, 1.54) is 0 Å². The summed E-state index contributed by atoms with van der Waals surface area (Å²) in [6.07, 6.45) is 6.63. The topological polar surface area (TPSA) is 26.0 Å². The minimum absolute atomic E-state index is 0.0564. The van der Waals surface area contributed by atoms with E-state index in [0.717, 1.165) is 16.5 Å². The Morgan fingerprint density at radius 3 is 2.93 bits per heavy atom. The molecule has 0 aromatic heterocycles. The summed E-state index contributed by atoms with van der Waals surface area (Å²) in [6, 6.07) is 5.53. The van der Waals surface area contributed by atoms with Crippen LogP contribution in [-0.4, -0.2) is 0 Å². The van der Waals surface area contributed by atoms with Crippen LogP contribution < -0.4 is 5.73 Å². The zero-order valence-electron chi connectivity index (χ0n) is 7.63. The molecule has 1 unspecified atom stereocenters. The molecule has 1 nitrogen and oxygen atoms in total. The van der Waals surface area contributed by atoms with Crippen LogP contribution >= 0.6 is 27.5 Å². The maximum atomic E-state index is 5.97. The minimum Gasteiger partial charge on any atom is -0.324 e. The second-order valence-corrected chi connectivity index (χ2v) is 4.31. The van der Waals surface area contributed by atoms with Crippen molar-refractivity contribution in [1.82, 2.24) is 0 Å². The molecule has 1 aromatic carbocycles. The molecule has 1 aromatic rings. The number of hydrogen-bond acceptors (Lipinski definition) is 1. The van der Waals surface area contributed by atoms with Crippen molar-refractivity contribution in [3.63, 3.8) is 0 Å². The Labute approximate surface area is 97.8 Å². The van der Waals surface area contributed by atoms with Crippen molar-refractivity contribution < 1.29 is 0 Å². The Morgan fingerprint density at radius 1 is 1.57 bits per heavy atom. The number of nitrogens with two attached hydrogens (primary N) is 1. The second-order valence-electron chi connectivity index (χ2n) is 3.02. The summed E-state index contributed by atoms with van der Waals surface area (Å²) >= 11 is 9.31. The summed E-state index contributed by atoms with van der Waals surface area (Å²) < 4.78 is 0.978. The van der Waals surface area contributed by atoms with Crippen molar-refractivity contribution >= 4 is 27.5 Å². The van der Waals surface area contributed by atoms with Gasteiger partial charge in [0.05, 0.1) is 0 Å². The van der Waals surface area contributed by atoms with E-state index in [-0.39, 0.29) is 6.04 Å². The van der Waals surface area contributed by atoms with Crippen LogP contribution in [0.15, 0.2) is 22.7 Å². The molecule has 2 N–H and O–H groups in total. The van der Waals surface area contributed by atoms with Crippen LogP contribution in [0.5, 0.6) is 0 Å². The van der Waals surface area contributed by atoms with E-state index in [2.05, 4.69) is 21.9 Å². The molecule has 0 radical (unpaired) electrons. The molecule has 3 heteroatoms. The first-order valence-electron chi connectivity index (χ1n) is 4.29. The SMILES string of the molecule is C#CCCC(N)c1cc(Cl)ccc1Br. The predicted octanol–water partition coefficient (Wildman–Crippen LogP) is 3.52. The van der Waals surface area contributed by atoms with Crippen molar-refractivity contribution in [3.8, 4) is 12.3 Å². The first-order valence-corrected chi connectivity index (χ1v) is 5.46. The van der Waals surface area contributed by atoms with Gasteiger partial charge in [-0.25, -0.2) is 0 Å². The van der Waals surface area contributed by atoms with Crippen LogP contribution in [-0.2, 0) is 0 Å². The number of hydrogen-bond donors (Lipinski definition) is 1. The molecule has 0 saturated carbocycles. The van der Waals surface area contributed by atoms with Gasteiger partial charge in [-0.05, 0) is 30.2 Å². The molecular weight excluding hydrogens is 261 g/mol. The quantitative estimate of drug-likeness (QED) is 0.837. The van der Waals surface area contributed by atoms with Crippen LogP contribution in [0.1, 0.15) is 24.4 Å². The lowest BCUT2D eigenvalue weighted by atomic mass is 10.0. The van der Waals surface area contributed by atoms with Gasteiger partial charge in [-0.3, -0.25) is 0 Å². The van der Waals surface area contributed by atoms with Gasteiger partial charge in [0, 0.05) is 22.0 Å². The van der Waals surface area contributed by atoms with E-state index in [1.807, 2.05) is 18.2 Å². The lowest BCUT2D eigenvalue weighted by Crippen LogP contribution is -2.10. The second kappa shape index (κ2) is 5.41. The van der Waals surface area contributed by atoms with E-state index in [1.54, 1.807) is 0 Å². The first kappa shape index (κ1) is 11.6. The van der Waals surface area contributed by atoms with E-state index in [9.17, 15) is 0 Å². The third-order valence-corrected chi connectivity index (χ3v) is 2.91. The molecule has 0 amide bonds. The maximum Gasteiger partial charge on any atom is 0.0410 e. The van der Waals surface area contributed by atoms with Gasteiger partial charge in [-0.1, -0.05) is 27.5 Å². The highest BCUT2D eigenvalue weighted by Gasteiger charge is 2.09. The standard InChI is InChI=1S/C11H11BrClN/c1-2-3-4-11(14)9-7-8(13)5-6-10(9)12/h1,5-7,11H,3-4,14H2. The van der Waals surface area contributed by atoms with E-state index in [0.29, 0.717) is 11.4 Å². The van der Waals surface area contributed by atoms with Crippen molar-refractivity contribution in [2.45, 2.75) is 18.9 Å². The molecule has 14 heavy (non-hydrogen) atoms. The van der Waals surface area contributed by atoms with Crippen LogP contribution in [0.3, 0.4) is 0 Å². The van der Waals surface area contributed by atoms with Crippen LogP contribution in [0.25, 0.3) is 0 Å². The predicted molar refractivity (Wildman–Crippen MR) is 64.1 cm³/mol. The molecule has 74 valence electrons. The monoisotopic (exact) mass is 271 g/mol. The third-order valence-electron chi connectivity index (χ3n) is 1.96. The Hall–Kier alpha value is -0.490. The lowest BCUT2D eigenvalue weighted by molar-refractivity contribution is 0.665. The molecule has 0 bridgehead atoms. The van der Waals surface area contributed by atoms with Crippen molar-refractivity contribution in [2.24, 2.45) is 5.73 Å². The van der Waals surface area contributed by atoms with E-state index in [4.69, 9.17) is 23.8 Å². The molecule has 0 aliphatic heterocycles. The van der Waals surface area contributed by atoms with Crippen LogP contribution in [0.2, 0.25) is 5.02 Å². The van der Waals surface area contributed by atoms with Gasteiger partial charge < -0.3 is 5.73 Å². The molecule has 0 aliphatic rings. The normalized spacial score (nSPS) is 12.1. The number of terminal acetylenes is 1. The summed E-state index contributed by atoms with van der Waals surface area (Å²) in [7, 11) is 0. The van der Waals surface area contributed by atoms with E-state index >= 15 is 0 Å². The van der Waals surface area contributed by atoms with Gasteiger partial charge in [-0.2, -0.15) is 0 Å². The lowest BCUT2D eigenvalue weighted by Gasteiger charge is -2.12. The smallest absolute Gasteiger partial charge is 0.0410 e. The Kier molecular flexibility index (Phi) is 4.47. The van der Waals surface area contributed by atoms with Gasteiger partial charge >= 0.3 is 0 Å².